The molecule has 10 nitrogen and oxygen atoms in total. The Bertz CT molecular complexity index is 1590. The molecule has 2 atom stereocenters. The summed E-state index contributed by atoms with van der Waals surface area (Å²) in [5.74, 6) is -0.144. The van der Waals surface area contributed by atoms with Gasteiger partial charge in [0.2, 0.25) is 0 Å². The molecule has 43 heavy (non-hydrogen) atoms. The molecule has 0 radical (unpaired) electrons. The second-order valence-electron chi connectivity index (χ2n) is 11.4. The number of hydrogen-bond donors (Lipinski definition) is 0. The minimum absolute atomic E-state index is 0.0789. The Labute approximate surface area is 258 Å². The van der Waals surface area contributed by atoms with Crippen LogP contribution in [0.15, 0.2) is 47.3 Å². The lowest BCUT2D eigenvalue weighted by atomic mass is 10.0. The van der Waals surface area contributed by atoms with E-state index in [-0.39, 0.29) is 13.0 Å². The molecule has 3 aliphatic rings. The number of likely N-dealkylation sites (N-methyl/N-ethyl adjacent to an activating group) is 1. The minimum atomic E-state index is -1.02. The molecule has 0 bridgehead atoms. The highest BCUT2D eigenvalue weighted by Crippen LogP contribution is 2.36. The van der Waals surface area contributed by atoms with Gasteiger partial charge in [-0.2, -0.15) is 15.2 Å². The molecular formula is C31H34BrFN8O2. The number of anilines is 2. The molecule has 3 aliphatic heterocycles. The van der Waals surface area contributed by atoms with E-state index in [0.29, 0.717) is 51.3 Å². The van der Waals surface area contributed by atoms with Gasteiger partial charge in [-0.3, -0.25) is 4.79 Å². The Morgan fingerprint density at radius 3 is 2.79 bits per heavy atom. The van der Waals surface area contributed by atoms with Crippen LogP contribution in [0.4, 0.5) is 16.0 Å². The van der Waals surface area contributed by atoms with Crippen molar-refractivity contribution in [2.45, 2.75) is 44.3 Å². The van der Waals surface area contributed by atoms with Crippen molar-refractivity contribution in [3.05, 3.63) is 58.6 Å². The number of benzene rings is 1. The van der Waals surface area contributed by atoms with E-state index in [1.807, 2.05) is 24.4 Å². The zero-order valence-electron chi connectivity index (χ0n) is 24.2. The van der Waals surface area contributed by atoms with E-state index in [0.717, 1.165) is 57.5 Å². The van der Waals surface area contributed by atoms with E-state index < -0.39 is 17.8 Å². The molecule has 2 saturated heterocycles. The summed E-state index contributed by atoms with van der Waals surface area (Å²) in [6.07, 6.45) is 4.80. The van der Waals surface area contributed by atoms with Crippen LogP contribution in [0.5, 0.6) is 6.01 Å². The molecule has 0 spiro atoms. The van der Waals surface area contributed by atoms with Gasteiger partial charge in [-0.05, 0) is 50.4 Å². The molecule has 5 heterocycles. The minimum Gasteiger partial charge on any atom is -0.462 e. The van der Waals surface area contributed by atoms with Gasteiger partial charge in [0.1, 0.15) is 18.2 Å². The second-order valence-corrected chi connectivity index (χ2v) is 12.2. The van der Waals surface area contributed by atoms with Crippen LogP contribution in [0.1, 0.15) is 30.5 Å². The average molecular weight is 650 g/mol. The molecule has 2 unspecified atom stereocenters. The molecule has 0 N–H and O–H groups in total. The molecule has 1 amide bonds. The van der Waals surface area contributed by atoms with Gasteiger partial charge in [-0.1, -0.05) is 34.6 Å². The summed E-state index contributed by atoms with van der Waals surface area (Å²) in [4.78, 5) is 35.1. The molecule has 6 rings (SSSR count). The highest BCUT2D eigenvalue weighted by Gasteiger charge is 2.35. The predicted octanol–water partition coefficient (Wildman–Crippen LogP) is 4.24. The SMILES string of the molecule is C=C(F)C(=O)N1CCN(c2nc(OCC3CCCN3C)nc3c2CCN(c2nccc4cccc(Br)c24)C3)CC1CC#N. The largest absolute Gasteiger partial charge is 0.462 e. The van der Waals surface area contributed by atoms with Crippen LogP contribution in [-0.2, 0) is 17.8 Å². The summed E-state index contributed by atoms with van der Waals surface area (Å²) in [6.45, 7) is 7.01. The molecule has 2 fully saturated rings. The first-order chi connectivity index (χ1) is 20.8. The summed E-state index contributed by atoms with van der Waals surface area (Å²) in [5.41, 5.74) is 1.88. The van der Waals surface area contributed by atoms with Crippen molar-refractivity contribution in [1.82, 2.24) is 24.8 Å². The number of carbonyl (C=O) groups excluding carboxylic acids is 1. The van der Waals surface area contributed by atoms with Gasteiger partial charge in [-0.25, -0.2) is 9.37 Å². The van der Waals surface area contributed by atoms with Crippen molar-refractivity contribution in [3.8, 4) is 12.1 Å². The summed E-state index contributed by atoms with van der Waals surface area (Å²) in [6, 6.07) is 10.4. The Morgan fingerprint density at radius 1 is 1.16 bits per heavy atom. The smallest absolute Gasteiger partial charge is 0.318 e. The quantitative estimate of drug-likeness (QED) is 0.348. The van der Waals surface area contributed by atoms with Gasteiger partial charge >= 0.3 is 6.01 Å². The van der Waals surface area contributed by atoms with Crippen LogP contribution < -0.4 is 14.5 Å². The van der Waals surface area contributed by atoms with E-state index in [1.54, 1.807) is 0 Å². The van der Waals surface area contributed by atoms with Crippen LogP contribution in [0.2, 0.25) is 0 Å². The van der Waals surface area contributed by atoms with Gasteiger partial charge in [0, 0.05) is 53.8 Å². The fourth-order valence-corrected chi connectivity index (χ4v) is 6.97. The molecule has 224 valence electrons. The monoisotopic (exact) mass is 648 g/mol. The van der Waals surface area contributed by atoms with E-state index in [1.165, 1.54) is 4.90 Å². The van der Waals surface area contributed by atoms with Crippen molar-refractivity contribution >= 4 is 44.2 Å². The standard InChI is InChI=1S/C31H34BrFN8O2/c1-20(33)30(42)41-16-15-40(17-22(41)8-11-34)28-24-10-14-39(29-27-21(9-12-35-29)5-3-7-25(27)32)18-26(24)36-31(37-28)43-19-23-6-4-13-38(23)2/h3,5,7,9,12,22-23H,1,4,6,8,10,13-19H2,2H3. The Morgan fingerprint density at radius 2 is 2.02 bits per heavy atom. The maximum atomic E-state index is 13.8. The van der Waals surface area contributed by atoms with Crippen molar-refractivity contribution < 1.29 is 13.9 Å². The molecule has 2 aromatic heterocycles. The van der Waals surface area contributed by atoms with Gasteiger partial charge < -0.3 is 24.3 Å². The van der Waals surface area contributed by atoms with Crippen molar-refractivity contribution in [3.63, 3.8) is 0 Å². The maximum absolute atomic E-state index is 13.8. The predicted molar refractivity (Wildman–Crippen MR) is 166 cm³/mol. The zero-order valence-corrected chi connectivity index (χ0v) is 25.8. The first kappa shape index (κ1) is 29.3. The molecular weight excluding hydrogens is 615 g/mol. The number of nitriles is 1. The Kier molecular flexibility index (Phi) is 8.45. The molecule has 12 heteroatoms. The Hall–Kier alpha value is -3.82. The third kappa shape index (κ3) is 5.88. The third-order valence-corrected chi connectivity index (χ3v) is 9.38. The first-order valence-corrected chi connectivity index (χ1v) is 15.4. The topological polar surface area (TPSA) is 102 Å². The summed E-state index contributed by atoms with van der Waals surface area (Å²) < 4.78 is 21.0. The average Bonchev–Trinajstić information content (AvgIpc) is 3.43. The number of rotatable bonds is 7. The lowest BCUT2D eigenvalue weighted by Crippen LogP contribution is -2.55. The third-order valence-electron chi connectivity index (χ3n) is 8.72. The number of nitrogens with zero attached hydrogens (tertiary/aromatic N) is 8. The zero-order chi connectivity index (χ0) is 30.1. The van der Waals surface area contributed by atoms with Gasteiger partial charge in [0.15, 0.2) is 5.83 Å². The van der Waals surface area contributed by atoms with Gasteiger partial charge in [0.25, 0.3) is 5.91 Å². The van der Waals surface area contributed by atoms with E-state index in [4.69, 9.17) is 19.7 Å². The number of piperazine rings is 1. The number of aromatic nitrogens is 3. The summed E-state index contributed by atoms with van der Waals surface area (Å²) >= 11 is 3.72. The van der Waals surface area contributed by atoms with Gasteiger partial charge in [-0.15, -0.1) is 0 Å². The second kappa shape index (κ2) is 12.4. The lowest BCUT2D eigenvalue weighted by molar-refractivity contribution is -0.131. The highest BCUT2D eigenvalue weighted by atomic mass is 79.9. The fourth-order valence-electron chi connectivity index (χ4n) is 6.42. The molecule has 0 saturated carbocycles. The molecule has 0 aliphatic carbocycles. The Balaban J connectivity index is 1.34. The van der Waals surface area contributed by atoms with Crippen molar-refractivity contribution in [2.75, 3.05) is 56.2 Å². The number of fused-ring (bicyclic) bond motifs is 2. The van der Waals surface area contributed by atoms with Gasteiger partial charge in [0.05, 0.1) is 30.8 Å². The van der Waals surface area contributed by atoms with Crippen LogP contribution in [-0.4, -0.2) is 89.1 Å². The van der Waals surface area contributed by atoms with Crippen LogP contribution in [0.3, 0.4) is 0 Å². The van der Waals surface area contributed by atoms with Crippen molar-refractivity contribution in [1.29, 1.82) is 5.26 Å². The summed E-state index contributed by atoms with van der Waals surface area (Å²) in [7, 11) is 2.11. The van der Waals surface area contributed by atoms with Crippen LogP contribution in [0.25, 0.3) is 10.8 Å². The number of halogens is 2. The molecule has 3 aromatic rings. The highest BCUT2D eigenvalue weighted by molar-refractivity contribution is 9.10. The van der Waals surface area contributed by atoms with E-state index in [2.05, 4.69) is 56.4 Å². The number of pyridine rings is 1. The lowest BCUT2D eigenvalue weighted by Gasteiger charge is -2.42. The molecule has 1 aromatic carbocycles. The fraction of sp³-hybridized carbons (Fsp3) is 0.452. The summed E-state index contributed by atoms with van der Waals surface area (Å²) in [5, 5.41) is 11.6. The van der Waals surface area contributed by atoms with E-state index in [9.17, 15) is 14.4 Å². The number of amides is 1. The number of hydrogen-bond acceptors (Lipinski definition) is 9. The van der Waals surface area contributed by atoms with Crippen molar-refractivity contribution in [2.24, 2.45) is 0 Å². The van der Waals surface area contributed by atoms with Crippen LogP contribution in [0, 0.1) is 11.3 Å². The van der Waals surface area contributed by atoms with E-state index >= 15 is 0 Å². The maximum Gasteiger partial charge on any atom is 0.318 e. The first-order valence-electron chi connectivity index (χ1n) is 14.6. The van der Waals surface area contributed by atoms with Crippen LogP contribution >= 0.6 is 15.9 Å². The number of likely N-dealkylation sites (tertiary alicyclic amines) is 1. The number of carbonyl (C=O) groups is 1. The number of ether oxygens (including phenoxy) is 1. The normalized spacial score (nSPS) is 20.7.